The largest absolute Gasteiger partial charge is 0.352 e. The molecule has 0 radical (unpaired) electrons. The minimum Gasteiger partial charge on any atom is -0.352 e. The summed E-state index contributed by atoms with van der Waals surface area (Å²) >= 11 is 1.46. The fraction of sp³-hybridized carbons (Fsp3) is 0.476. The highest BCUT2D eigenvalue weighted by molar-refractivity contribution is 7.89. The van der Waals surface area contributed by atoms with Crippen molar-refractivity contribution < 1.29 is 18.0 Å². The van der Waals surface area contributed by atoms with Crippen LogP contribution < -0.4 is 10.6 Å². The first-order chi connectivity index (χ1) is 14.8. The number of sulfonamides is 1. The Balaban J connectivity index is 1.70. The van der Waals surface area contributed by atoms with E-state index in [9.17, 15) is 18.0 Å². The van der Waals surface area contributed by atoms with Crippen molar-refractivity contribution in [2.75, 3.05) is 31.2 Å². The second kappa shape index (κ2) is 10.3. The normalized spacial score (nSPS) is 13.6. The summed E-state index contributed by atoms with van der Waals surface area (Å²) in [5.74, 6) is -0.481. The average Bonchev–Trinajstić information content (AvgIpc) is 3.14. The van der Waals surface area contributed by atoms with E-state index in [-0.39, 0.29) is 17.6 Å². The van der Waals surface area contributed by atoms with Crippen LogP contribution in [0.5, 0.6) is 0 Å². The van der Waals surface area contributed by atoms with Gasteiger partial charge in [-0.05, 0) is 56.7 Å². The smallest absolute Gasteiger partial charge is 0.257 e. The molecule has 3 rings (SSSR count). The zero-order valence-corrected chi connectivity index (χ0v) is 19.4. The van der Waals surface area contributed by atoms with Crippen molar-refractivity contribution in [3.05, 3.63) is 46.1 Å². The van der Waals surface area contributed by atoms with Gasteiger partial charge < -0.3 is 10.6 Å². The fourth-order valence-corrected chi connectivity index (χ4v) is 5.65. The van der Waals surface area contributed by atoms with Gasteiger partial charge in [-0.2, -0.15) is 0 Å². The number of hydrogen-bond acceptors (Lipinski definition) is 6. The molecule has 0 aromatic carbocycles. The molecule has 0 unspecified atom stereocenters. The van der Waals surface area contributed by atoms with Crippen molar-refractivity contribution in [1.82, 2.24) is 14.6 Å². The molecule has 1 aliphatic carbocycles. The lowest BCUT2D eigenvalue weighted by atomic mass is 9.95. The Morgan fingerprint density at radius 1 is 1.23 bits per heavy atom. The molecule has 2 aromatic rings. The number of pyridine rings is 1. The average molecular weight is 465 g/mol. The van der Waals surface area contributed by atoms with E-state index in [4.69, 9.17) is 0 Å². The predicted octanol–water partition coefficient (Wildman–Crippen LogP) is 2.68. The topological polar surface area (TPSA) is 108 Å². The van der Waals surface area contributed by atoms with E-state index in [1.165, 1.54) is 21.8 Å². The number of aromatic nitrogens is 1. The highest BCUT2D eigenvalue weighted by Gasteiger charge is 2.26. The summed E-state index contributed by atoms with van der Waals surface area (Å²) in [5.41, 5.74) is 1.98. The number of aryl methyl sites for hydroxylation is 1. The van der Waals surface area contributed by atoms with Gasteiger partial charge in [-0.25, -0.2) is 12.7 Å². The number of carbonyl (C=O) groups is 2. The maximum atomic E-state index is 13.0. The minimum absolute atomic E-state index is 0.0525. The van der Waals surface area contributed by atoms with Crippen LogP contribution in [0.25, 0.3) is 0 Å². The summed E-state index contributed by atoms with van der Waals surface area (Å²) in [6.45, 7) is 2.29. The minimum atomic E-state index is -3.23. The molecule has 0 aliphatic heterocycles. The number of rotatable bonds is 9. The quantitative estimate of drug-likeness (QED) is 0.555. The fourth-order valence-electron chi connectivity index (χ4n) is 3.52. The summed E-state index contributed by atoms with van der Waals surface area (Å²) in [6, 6.07) is 3.37. The van der Waals surface area contributed by atoms with Crippen LogP contribution in [0, 0.1) is 0 Å². The van der Waals surface area contributed by atoms with Crippen molar-refractivity contribution in [3.8, 4) is 0 Å². The van der Waals surface area contributed by atoms with Crippen molar-refractivity contribution >= 4 is 38.2 Å². The van der Waals surface area contributed by atoms with Crippen molar-refractivity contribution in [1.29, 1.82) is 0 Å². The van der Waals surface area contributed by atoms with Gasteiger partial charge in [-0.15, -0.1) is 11.3 Å². The Hall–Kier alpha value is -2.30. The molecule has 2 aromatic heterocycles. The monoisotopic (exact) mass is 464 g/mol. The van der Waals surface area contributed by atoms with Crippen LogP contribution in [-0.2, 0) is 22.9 Å². The van der Waals surface area contributed by atoms with E-state index in [0.29, 0.717) is 35.6 Å². The van der Waals surface area contributed by atoms with Gasteiger partial charge >= 0.3 is 0 Å². The Morgan fingerprint density at radius 2 is 2.00 bits per heavy atom. The van der Waals surface area contributed by atoms with E-state index in [2.05, 4.69) is 15.6 Å². The Morgan fingerprint density at radius 3 is 2.71 bits per heavy atom. The van der Waals surface area contributed by atoms with Crippen molar-refractivity contribution in [2.24, 2.45) is 0 Å². The van der Waals surface area contributed by atoms with Crippen LogP contribution in [0.15, 0.2) is 24.5 Å². The third-order valence-corrected chi connectivity index (χ3v) is 8.39. The standard InChI is InChI=1S/C21H28N4O4S2/c1-3-31(28,29)25(2)13-7-12-23-20(27)18-16-9-4-5-10-17(16)30-21(18)24-19(26)15-8-6-11-22-14-15/h6,8,11,14H,3-5,7,9-10,12-13H2,1-2H3,(H,23,27)(H,24,26). The van der Waals surface area contributed by atoms with Crippen molar-refractivity contribution in [2.45, 2.75) is 39.0 Å². The number of nitrogens with one attached hydrogen (secondary N) is 2. The number of fused-ring (bicyclic) bond motifs is 1. The molecular formula is C21H28N4O4S2. The Bertz CT molecular complexity index is 1040. The molecule has 0 saturated carbocycles. The van der Waals surface area contributed by atoms with Crippen LogP contribution in [0.4, 0.5) is 5.00 Å². The number of hydrogen-bond donors (Lipinski definition) is 2. The molecule has 31 heavy (non-hydrogen) atoms. The zero-order chi connectivity index (χ0) is 22.4. The highest BCUT2D eigenvalue weighted by Crippen LogP contribution is 2.38. The molecule has 8 nitrogen and oxygen atoms in total. The SMILES string of the molecule is CCS(=O)(=O)N(C)CCCNC(=O)c1c(NC(=O)c2cccnc2)sc2c1CCCC2. The first-order valence-electron chi connectivity index (χ1n) is 10.4. The second-order valence-corrected chi connectivity index (χ2v) is 10.9. The lowest BCUT2D eigenvalue weighted by Crippen LogP contribution is -2.32. The molecule has 2 N–H and O–H groups in total. The molecule has 0 fully saturated rings. The Kier molecular flexibility index (Phi) is 7.79. The van der Waals surface area contributed by atoms with Crippen LogP contribution in [0.3, 0.4) is 0 Å². The van der Waals surface area contributed by atoms with E-state index in [1.807, 2.05) is 0 Å². The third kappa shape index (κ3) is 5.69. The number of carbonyl (C=O) groups excluding carboxylic acids is 2. The summed E-state index contributed by atoms with van der Waals surface area (Å²) < 4.78 is 25.0. The van der Waals surface area contributed by atoms with Crippen molar-refractivity contribution in [3.63, 3.8) is 0 Å². The molecule has 2 heterocycles. The molecule has 0 bridgehead atoms. The lowest BCUT2D eigenvalue weighted by molar-refractivity contribution is 0.0953. The molecule has 0 spiro atoms. The first-order valence-corrected chi connectivity index (χ1v) is 12.8. The second-order valence-electron chi connectivity index (χ2n) is 7.44. The molecule has 1 aliphatic rings. The maximum Gasteiger partial charge on any atom is 0.257 e. The number of anilines is 1. The van der Waals surface area contributed by atoms with E-state index < -0.39 is 10.0 Å². The van der Waals surface area contributed by atoms with Crippen LogP contribution >= 0.6 is 11.3 Å². The van der Waals surface area contributed by atoms with Gasteiger partial charge in [-0.1, -0.05) is 0 Å². The molecule has 0 atom stereocenters. The van der Waals surface area contributed by atoms with Gasteiger partial charge in [0.25, 0.3) is 11.8 Å². The Labute approximate surface area is 187 Å². The van der Waals surface area contributed by atoms with Gasteiger partial charge in [0, 0.05) is 37.4 Å². The van der Waals surface area contributed by atoms with Gasteiger partial charge in [0.1, 0.15) is 5.00 Å². The number of nitrogens with zero attached hydrogens (tertiary/aromatic N) is 2. The van der Waals surface area contributed by atoms with Gasteiger partial charge in [0.2, 0.25) is 10.0 Å². The van der Waals surface area contributed by atoms with E-state index in [0.717, 1.165) is 36.1 Å². The molecule has 0 saturated heterocycles. The summed E-state index contributed by atoms with van der Waals surface area (Å²) in [6.07, 6.45) is 7.40. The van der Waals surface area contributed by atoms with E-state index >= 15 is 0 Å². The lowest BCUT2D eigenvalue weighted by Gasteiger charge is -2.16. The number of thiophene rings is 1. The van der Waals surface area contributed by atoms with Gasteiger partial charge in [0.05, 0.1) is 16.9 Å². The van der Waals surface area contributed by atoms with Crippen LogP contribution in [0.2, 0.25) is 0 Å². The predicted molar refractivity (Wildman–Crippen MR) is 122 cm³/mol. The molecule has 10 heteroatoms. The maximum absolute atomic E-state index is 13.0. The number of amides is 2. The van der Waals surface area contributed by atoms with Crippen LogP contribution in [-0.4, -0.2) is 55.4 Å². The molecule has 2 amide bonds. The third-order valence-electron chi connectivity index (χ3n) is 5.32. The van der Waals surface area contributed by atoms with Gasteiger partial charge in [-0.3, -0.25) is 14.6 Å². The zero-order valence-electron chi connectivity index (χ0n) is 17.8. The van der Waals surface area contributed by atoms with E-state index in [1.54, 1.807) is 32.3 Å². The molecular weight excluding hydrogens is 436 g/mol. The highest BCUT2D eigenvalue weighted by atomic mass is 32.2. The van der Waals surface area contributed by atoms with Crippen LogP contribution in [0.1, 0.15) is 57.3 Å². The summed E-state index contributed by atoms with van der Waals surface area (Å²) in [4.78, 5) is 30.8. The first kappa shape index (κ1) is 23.4. The van der Waals surface area contributed by atoms with Gasteiger partial charge in [0.15, 0.2) is 0 Å². The molecule has 168 valence electrons. The summed E-state index contributed by atoms with van der Waals surface area (Å²) in [5, 5.41) is 6.35. The summed E-state index contributed by atoms with van der Waals surface area (Å²) in [7, 11) is -1.69.